The second-order valence-corrected chi connectivity index (χ2v) is 12.5. The minimum atomic E-state index is -0.534. The number of esters is 2. The Morgan fingerprint density at radius 3 is 2.17 bits per heavy atom. The van der Waals surface area contributed by atoms with Crippen LogP contribution in [0.5, 0.6) is 0 Å². The zero-order chi connectivity index (χ0) is 30.2. The molecule has 1 N–H and O–H groups in total. The van der Waals surface area contributed by atoms with Crippen molar-refractivity contribution in [1.82, 2.24) is 14.8 Å². The zero-order valence-corrected chi connectivity index (χ0v) is 25.8. The Labute approximate surface area is 249 Å². The van der Waals surface area contributed by atoms with E-state index in [4.69, 9.17) is 14.5 Å². The quantitative estimate of drug-likeness (QED) is 0.260. The number of hydrogen-bond donors (Lipinski definition) is 1. The highest BCUT2D eigenvalue weighted by atomic mass is 32.1. The molecule has 2 aromatic heterocycles. The molecule has 0 amide bonds. The molecule has 0 bridgehead atoms. The predicted molar refractivity (Wildman–Crippen MR) is 165 cm³/mol. The second-order valence-electron chi connectivity index (χ2n) is 11.3. The van der Waals surface area contributed by atoms with Gasteiger partial charge in [-0.05, 0) is 70.4 Å². The summed E-state index contributed by atoms with van der Waals surface area (Å²) in [5.74, 6) is 0.727. The highest BCUT2D eigenvalue weighted by Gasteiger charge is 2.32. The van der Waals surface area contributed by atoms with Crippen LogP contribution >= 0.6 is 11.3 Å². The Bertz CT molecular complexity index is 1660. The molecule has 1 aliphatic heterocycles. The van der Waals surface area contributed by atoms with Gasteiger partial charge in [-0.2, -0.15) is 0 Å². The standard InChI is InChI=1S/C32H35N5O4S/c1-18-19(2)42-31-28(18)29(34-25(16-26(38)40-7)30-36-35-20(3)37(30)31)23-10-8-21(9-11-23)22-12-14-24(15-13-22)33-17-27(39)41-32(4,5)6/h8-15,25,33H,16-17H2,1-7H3/t25-/m0/s1. The molecule has 3 heterocycles. The van der Waals surface area contributed by atoms with Gasteiger partial charge in [-0.25, -0.2) is 0 Å². The number of carbonyl (C=O) groups is 2. The number of benzene rings is 2. The topological polar surface area (TPSA) is 108 Å². The number of methoxy groups -OCH3 is 1. The monoisotopic (exact) mass is 585 g/mol. The van der Waals surface area contributed by atoms with Gasteiger partial charge in [0.25, 0.3) is 0 Å². The number of nitrogens with one attached hydrogen (secondary N) is 1. The van der Waals surface area contributed by atoms with E-state index in [0.29, 0.717) is 5.82 Å². The lowest BCUT2D eigenvalue weighted by Gasteiger charge is -2.19. The molecule has 2 aromatic carbocycles. The Balaban J connectivity index is 1.44. The Kier molecular flexibility index (Phi) is 8.01. The summed E-state index contributed by atoms with van der Waals surface area (Å²) < 4.78 is 12.4. The lowest BCUT2D eigenvalue weighted by Crippen LogP contribution is -2.28. The molecule has 0 saturated heterocycles. The van der Waals surface area contributed by atoms with Crippen molar-refractivity contribution in [3.8, 4) is 16.1 Å². The summed E-state index contributed by atoms with van der Waals surface area (Å²) in [6.07, 6.45) is 0.0670. The lowest BCUT2D eigenvalue weighted by molar-refractivity contribution is -0.152. The Morgan fingerprint density at radius 2 is 1.55 bits per heavy atom. The summed E-state index contributed by atoms with van der Waals surface area (Å²) in [4.78, 5) is 30.7. The molecule has 0 saturated carbocycles. The first-order valence-electron chi connectivity index (χ1n) is 13.8. The number of ether oxygens (including phenoxy) is 2. The molecule has 42 heavy (non-hydrogen) atoms. The van der Waals surface area contributed by atoms with Crippen LogP contribution in [0.2, 0.25) is 0 Å². The average Bonchev–Trinajstić information content (AvgIpc) is 3.43. The summed E-state index contributed by atoms with van der Waals surface area (Å²) in [5, 5.41) is 12.9. The number of anilines is 1. The largest absolute Gasteiger partial charge is 0.469 e. The molecule has 0 spiro atoms. The first-order chi connectivity index (χ1) is 19.9. The van der Waals surface area contributed by atoms with E-state index >= 15 is 0 Å². The molecular formula is C32H35N5O4S. The fourth-order valence-electron chi connectivity index (χ4n) is 4.92. The number of fused-ring (bicyclic) bond motifs is 3. The van der Waals surface area contributed by atoms with E-state index < -0.39 is 11.6 Å². The fourth-order valence-corrected chi connectivity index (χ4v) is 6.13. The third-order valence-corrected chi connectivity index (χ3v) is 8.25. The minimum Gasteiger partial charge on any atom is -0.469 e. The molecule has 4 aromatic rings. The molecule has 10 heteroatoms. The first kappa shape index (κ1) is 29.2. The first-order valence-corrected chi connectivity index (χ1v) is 14.6. The highest BCUT2D eigenvalue weighted by Crippen LogP contribution is 2.39. The summed E-state index contributed by atoms with van der Waals surface area (Å²) in [6, 6.07) is 15.7. The van der Waals surface area contributed by atoms with Crippen LogP contribution in [0.3, 0.4) is 0 Å². The van der Waals surface area contributed by atoms with Crippen molar-refractivity contribution >= 4 is 34.7 Å². The minimum absolute atomic E-state index is 0.0670. The second kappa shape index (κ2) is 11.5. The molecule has 218 valence electrons. The molecule has 1 atom stereocenters. The van der Waals surface area contributed by atoms with Gasteiger partial charge in [-0.15, -0.1) is 21.5 Å². The van der Waals surface area contributed by atoms with E-state index in [9.17, 15) is 9.59 Å². The van der Waals surface area contributed by atoms with Crippen LogP contribution in [0.25, 0.3) is 16.1 Å². The van der Waals surface area contributed by atoms with Crippen LogP contribution in [-0.2, 0) is 19.1 Å². The molecule has 5 rings (SSSR count). The van der Waals surface area contributed by atoms with Gasteiger partial charge in [-0.1, -0.05) is 36.4 Å². The molecular weight excluding hydrogens is 550 g/mol. The van der Waals surface area contributed by atoms with Crippen LogP contribution < -0.4 is 5.32 Å². The fraction of sp³-hybridized carbons (Fsp3) is 0.344. The van der Waals surface area contributed by atoms with Gasteiger partial charge in [0.15, 0.2) is 5.82 Å². The molecule has 9 nitrogen and oxygen atoms in total. The lowest BCUT2D eigenvalue weighted by atomic mass is 9.97. The van der Waals surface area contributed by atoms with E-state index in [-0.39, 0.29) is 24.9 Å². The van der Waals surface area contributed by atoms with Crippen molar-refractivity contribution in [2.75, 3.05) is 19.0 Å². The third-order valence-electron chi connectivity index (χ3n) is 7.06. The molecule has 1 aliphatic rings. The molecule has 0 fully saturated rings. The van der Waals surface area contributed by atoms with E-state index in [2.05, 4.69) is 53.6 Å². The Morgan fingerprint density at radius 1 is 0.929 bits per heavy atom. The van der Waals surface area contributed by atoms with E-state index in [1.165, 1.54) is 12.0 Å². The van der Waals surface area contributed by atoms with Crippen LogP contribution in [0, 0.1) is 20.8 Å². The van der Waals surface area contributed by atoms with Crippen LogP contribution in [0.4, 0.5) is 5.69 Å². The smallest absolute Gasteiger partial charge is 0.325 e. The van der Waals surface area contributed by atoms with Crippen molar-refractivity contribution in [1.29, 1.82) is 0 Å². The Hall–Kier alpha value is -4.31. The third kappa shape index (κ3) is 5.99. The number of carbonyl (C=O) groups excluding carboxylic acids is 2. The number of aromatic nitrogens is 3. The van der Waals surface area contributed by atoms with Gasteiger partial charge >= 0.3 is 11.9 Å². The van der Waals surface area contributed by atoms with Gasteiger partial charge in [0, 0.05) is 21.7 Å². The summed E-state index contributed by atoms with van der Waals surface area (Å²) in [6.45, 7) is 11.8. The normalized spacial score (nSPS) is 14.4. The van der Waals surface area contributed by atoms with Crippen LogP contribution in [0.15, 0.2) is 53.5 Å². The van der Waals surface area contributed by atoms with E-state index in [0.717, 1.165) is 50.0 Å². The van der Waals surface area contributed by atoms with Gasteiger partial charge in [0.05, 0.1) is 19.2 Å². The van der Waals surface area contributed by atoms with Gasteiger partial charge < -0.3 is 14.8 Å². The average molecular weight is 586 g/mol. The number of hydrogen-bond acceptors (Lipinski definition) is 9. The zero-order valence-electron chi connectivity index (χ0n) is 24.9. The van der Waals surface area contributed by atoms with Crippen LogP contribution in [-0.4, -0.2) is 51.7 Å². The SMILES string of the molecule is COC(=O)C[C@@H]1N=C(c2ccc(-c3ccc(NCC(=O)OC(C)(C)C)cc3)cc2)c2c(sc(C)c2C)-n2c(C)nnc21. The summed E-state index contributed by atoms with van der Waals surface area (Å²) in [5.41, 5.74) is 6.35. The van der Waals surface area contributed by atoms with E-state index in [1.54, 1.807) is 11.3 Å². The maximum atomic E-state index is 12.4. The van der Waals surface area contributed by atoms with Crippen molar-refractivity contribution < 1.29 is 19.1 Å². The van der Waals surface area contributed by atoms with Gasteiger partial charge in [-0.3, -0.25) is 19.1 Å². The number of aryl methyl sites for hydroxylation is 2. The van der Waals surface area contributed by atoms with Crippen molar-refractivity contribution in [2.24, 2.45) is 4.99 Å². The number of rotatable bonds is 7. The number of nitrogens with zero attached hydrogens (tertiary/aromatic N) is 4. The van der Waals surface area contributed by atoms with Gasteiger partial charge in [0.1, 0.15) is 29.0 Å². The molecule has 0 radical (unpaired) electrons. The van der Waals surface area contributed by atoms with Crippen molar-refractivity contribution in [2.45, 2.75) is 59.6 Å². The van der Waals surface area contributed by atoms with Crippen LogP contribution in [0.1, 0.15) is 66.5 Å². The highest BCUT2D eigenvalue weighted by molar-refractivity contribution is 7.15. The predicted octanol–water partition coefficient (Wildman–Crippen LogP) is 6.13. The summed E-state index contributed by atoms with van der Waals surface area (Å²) in [7, 11) is 1.38. The molecule has 0 aliphatic carbocycles. The van der Waals surface area contributed by atoms with Gasteiger partial charge in [0.2, 0.25) is 0 Å². The van der Waals surface area contributed by atoms with Crippen molar-refractivity contribution in [3.63, 3.8) is 0 Å². The summed E-state index contributed by atoms with van der Waals surface area (Å²) >= 11 is 1.68. The maximum Gasteiger partial charge on any atom is 0.325 e. The van der Waals surface area contributed by atoms with E-state index in [1.807, 2.05) is 56.5 Å². The number of aliphatic imine (C=N–C) groups is 1. The van der Waals surface area contributed by atoms with Crippen molar-refractivity contribution in [3.05, 3.63) is 81.7 Å². The maximum absolute atomic E-state index is 12.4. The molecule has 0 unspecified atom stereocenters. The number of thiophene rings is 1.